The molecule has 0 heterocycles. The van der Waals surface area contributed by atoms with Crippen LogP contribution in [0, 0.1) is 6.92 Å². The molecule has 0 heteroatoms. The van der Waals surface area contributed by atoms with Crippen LogP contribution in [0.5, 0.6) is 0 Å². The fourth-order valence-corrected chi connectivity index (χ4v) is 1.36. The molecule has 0 N–H and O–H groups in total. The maximum Gasteiger partial charge on any atom is -0.0230 e. The lowest BCUT2D eigenvalue weighted by atomic mass is 10.0. The van der Waals surface area contributed by atoms with Crippen LogP contribution < -0.4 is 0 Å². The second-order valence-electron chi connectivity index (χ2n) is 3.58. The summed E-state index contributed by atoms with van der Waals surface area (Å²) in [4.78, 5) is 0. The lowest BCUT2D eigenvalue weighted by Crippen LogP contribution is -1.82. The van der Waals surface area contributed by atoms with Crippen molar-refractivity contribution >= 4 is 5.57 Å². The van der Waals surface area contributed by atoms with E-state index in [0.717, 1.165) is 12.8 Å². The molecular weight excluding hydrogens is 168 g/mol. The van der Waals surface area contributed by atoms with Crippen molar-refractivity contribution in [3.8, 4) is 0 Å². The van der Waals surface area contributed by atoms with Gasteiger partial charge in [-0.2, -0.15) is 0 Å². The Kier molecular flexibility index (Phi) is 4.18. The molecule has 0 aliphatic heterocycles. The summed E-state index contributed by atoms with van der Waals surface area (Å²) in [5, 5.41) is 0. The number of aryl methyl sites for hydroxylation is 1. The van der Waals surface area contributed by atoms with Crippen LogP contribution in [0.2, 0.25) is 0 Å². The van der Waals surface area contributed by atoms with Crippen LogP contribution in [0.15, 0.2) is 43.0 Å². The summed E-state index contributed by atoms with van der Waals surface area (Å²) < 4.78 is 0. The van der Waals surface area contributed by atoms with Crippen LogP contribution in [0.1, 0.15) is 30.9 Å². The van der Waals surface area contributed by atoms with Crippen molar-refractivity contribution in [3.63, 3.8) is 0 Å². The second-order valence-corrected chi connectivity index (χ2v) is 3.58. The van der Waals surface area contributed by atoms with E-state index in [1.807, 2.05) is 0 Å². The summed E-state index contributed by atoms with van der Waals surface area (Å²) in [5.74, 6) is 0. The van der Waals surface area contributed by atoms with E-state index >= 15 is 0 Å². The van der Waals surface area contributed by atoms with E-state index in [4.69, 9.17) is 0 Å². The third-order valence-electron chi connectivity index (χ3n) is 2.31. The van der Waals surface area contributed by atoms with Gasteiger partial charge in [0.2, 0.25) is 0 Å². The van der Waals surface area contributed by atoms with E-state index in [-0.39, 0.29) is 0 Å². The van der Waals surface area contributed by atoms with Crippen molar-refractivity contribution in [2.24, 2.45) is 0 Å². The van der Waals surface area contributed by atoms with Gasteiger partial charge in [0, 0.05) is 0 Å². The topological polar surface area (TPSA) is 0 Å². The molecule has 0 atom stereocenters. The number of benzene rings is 1. The molecule has 0 fully saturated rings. The Morgan fingerprint density at radius 3 is 2.50 bits per heavy atom. The molecule has 1 rings (SSSR count). The van der Waals surface area contributed by atoms with Crippen molar-refractivity contribution < 1.29 is 0 Å². The molecule has 0 saturated carbocycles. The summed E-state index contributed by atoms with van der Waals surface area (Å²) in [6.07, 6.45) is 6.40. The minimum atomic E-state index is 1.05. The average Bonchev–Trinajstić information content (AvgIpc) is 2.19. The molecular formula is C14H18. The fourth-order valence-electron chi connectivity index (χ4n) is 1.36. The number of hydrogen-bond acceptors (Lipinski definition) is 0. The van der Waals surface area contributed by atoms with Crippen molar-refractivity contribution in [1.29, 1.82) is 0 Å². The van der Waals surface area contributed by atoms with Gasteiger partial charge in [0.1, 0.15) is 0 Å². The van der Waals surface area contributed by atoms with Crippen LogP contribution in [0.3, 0.4) is 0 Å². The molecule has 0 amide bonds. The number of allylic oxidation sites excluding steroid dienone is 3. The summed E-state index contributed by atoms with van der Waals surface area (Å²) >= 11 is 0. The predicted molar refractivity (Wildman–Crippen MR) is 64.3 cm³/mol. The van der Waals surface area contributed by atoms with Gasteiger partial charge in [0.25, 0.3) is 0 Å². The molecule has 0 bridgehead atoms. The summed E-state index contributed by atoms with van der Waals surface area (Å²) in [6.45, 7) is 8.25. The molecule has 1 aromatic rings. The van der Waals surface area contributed by atoms with Crippen molar-refractivity contribution in [2.45, 2.75) is 26.7 Å². The minimum absolute atomic E-state index is 1.05. The smallest absolute Gasteiger partial charge is 0.0230 e. The van der Waals surface area contributed by atoms with Crippen molar-refractivity contribution in [1.82, 2.24) is 0 Å². The highest BCUT2D eigenvalue weighted by Crippen LogP contribution is 2.18. The van der Waals surface area contributed by atoms with Gasteiger partial charge in [-0.15, -0.1) is 0 Å². The monoisotopic (exact) mass is 186 g/mol. The van der Waals surface area contributed by atoms with Gasteiger partial charge in [-0.3, -0.25) is 0 Å². The Morgan fingerprint density at radius 1 is 1.29 bits per heavy atom. The van der Waals surface area contributed by atoms with E-state index in [1.54, 1.807) is 0 Å². The van der Waals surface area contributed by atoms with Gasteiger partial charge < -0.3 is 0 Å². The van der Waals surface area contributed by atoms with Gasteiger partial charge >= 0.3 is 0 Å². The van der Waals surface area contributed by atoms with Gasteiger partial charge in [-0.1, -0.05) is 48.6 Å². The first-order chi connectivity index (χ1) is 6.74. The van der Waals surface area contributed by atoms with Gasteiger partial charge in [-0.25, -0.2) is 0 Å². The van der Waals surface area contributed by atoms with Gasteiger partial charge in [0.15, 0.2) is 0 Å². The predicted octanol–water partition coefficient (Wildman–Crippen LogP) is 4.36. The first-order valence-corrected chi connectivity index (χ1v) is 5.10. The highest BCUT2D eigenvalue weighted by atomic mass is 14.0. The first kappa shape index (κ1) is 10.8. The lowest BCUT2D eigenvalue weighted by molar-refractivity contribution is 1.07. The second kappa shape index (κ2) is 5.43. The zero-order valence-electron chi connectivity index (χ0n) is 9.09. The van der Waals surface area contributed by atoms with Crippen LogP contribution in [0.4, 0.5) is 0 Å². The van der Waals surface area contributed by atoms with E-state index in [9.17, 15) is 0 Å². The Morgan fingerprint density at radius 2 is 1.93 bits per heavy atom. The minimum Gasteiger partial charge on any atom is -0.0952 e. The molecule has 0 nitrogen and oxygen atoms in total. The zero-order chi connectivity index (χ0) is 10.4. The third-order valence-corrected chi connectivity index (χ3v) is 2.31. The van der Waals surface area contributed by atoms with Crippen LogP contribution >= 0.6 is 0 Å². The third kappa shape index (κ3) is 3.21. The van der Waals surface area contributed by atoms with Crippen molar-refractivity contribution in [2.75, 3.05) is 0 Å². The molecule has 0 unspecified atom stereocenters. The quantitative estimate of drug-likeness (QED) is 0.613. The highest BCUT2D eigenvalue weighted by molar-refractivity contribution is 5.63. The Labute approximate surface area is 87.0 Å². The van der Waals surface area contributed by atoms with Gasteiger partial charge in [0.05, 0.1) is 0 Å². The molecule has 74 valence electrons. The average molecular weight is 186 g/mol. The van der Waals surface area contributed by atoms with E-state index in [2.05, 4.69) is 56.8 Å². The molecule has 0 aromatic heterocycles. The number of hydrogen-bond donors (Lipinski definition) is 0. The summed E-state index contributed by atoms with van der Waals surface area (Å²) in [7, 11) is 0. The van der Waals surface area contributed by atoms with Crippen LogP contribution in [-0.4, -0.2) is 0 Å². The highest BCUT2D eigenvalue weighted by Gasteiger charge is 1.96. The maximum atomic E-state index is 4.09. The largest absolute Gasteiger partial charge is 0.0952 e. The Bertz CT molecular complexity index is 314. The SMILES string of the molecule is C=C(CC/C=C\C)c1ccc(C)cc1. The fraction of sp³-hybridized carbons (Fsp3) is 0.286. The van der Waals surface area contributed by atoms with E-state index in [1.165, 1.54) is 16.7 Å². The standard InChI is InChI=1S/C14H18/c1-4-5-6-7-13(3)14-10-8-12(2)9-11-14/h4-5,8-11H,3,6-7H2,1-2H3/b5-4-. The molecule has 0 spiro atoms. The summed E-state index contributed by atoms with van der Waals surface area (Å²) in [6, 6.07) is 8.56. The van der Waals surface area contributed by atoms with E-state index < -0.39 is 0 Å². The molecule has 0 saturated heterocycles. The molecule has 0 aliphatic carbocycles. The Balaban J connectivity index is 2.56. The van der Waals surface area contributed by atoms with E-state index in [0.29, 0.717) is 0 Å². The summed E-state index contributed by atoms with van der Waals surface area (Å²) in [5.41, 5.74) is 3.79. The van der Waals surface area contributed by atoms with Crippen LogP contribution in [0.25, 0.3) is 5.57 Å². The zero-order valence-corrected chi connectivity index (χ0v) is 9.09. The molecule has 14 heavy (non-hydrogen) atoms. The molecule has 0 radical (unpaired) electrons. The Hall–Kier alpha value is -1.30. The van der Waals surface area contributed by atoms with Crippen LogP contribution in [-0.2, 0) is 0 Å². The molecule has 0 aliphatic rings. The normalized spacial score (nSPS) is 10.7. The molecule has 1 aromatic carbocycles. The maximum absolute atomic E-state index is 4.09. The van der Waals surface area contributed by atoms with Gasteiger partial charge in [-0.05, 0) is 37.8 Å². The van der Waals surface area contributed by atoms with Crippen molar-refractivity contribution in [3.05, 3.63) is 54.1 Å². The lowest BCUT2D eigenvalue weighted by Gasteiger charge is -2.04. The number of rotatable bonds is 4. The first-order valence-electron chi connectivity index (χ1n) is 5.10.